The van der Waals surface area contributed by atoms with Crippen LogP contribution in [0.1, 0.15) is 26.3 Å². The fourth-order valence-electron chi connectivity index (χ4n) is 2.10. The van der Waals surface area contributed by atoms with Crippen molar-refractivity contribution in [2.45, 2.75) is 32.9 Å². The van der Waals surface area contributed by atoms with E-state index >= 15 is 0 Å². The van der Waals surface area contributed by atoms with Crippen molar-refractivity contribution in [1.29, 1.82) is 0 Å². The zero-order chi connectivity index (χ0) is 16.2. The SMILES string of the molecule is CC(C)(C)OC(=O)NCc1ccccc1-c1ccccc1Br. The molecule has 0 aromatic heterocycles. The Kier molecular flexibility index (Phi) is 5.24. The van der Waals surface area contributed by atoms with Gasteiger partial charge in [0.1, 0.15) is 5.60 Å². The number of hydrogen-bond acceptors (Lipinski definition) is 2. The Morgan fingerprint density at radius 3 is 2.27 bits per heavy atom. The molecule has 1 N–H and O–H groups in total. The zero-order valence-electron chi connectivity index (χ0n) is 13.0. The molecule has 0 aliphatic heterocycles. The van der Waals surface area contributed by atoms with Crippen molar-refractivity contribution >= 4 is 22.0 Å². The smallest absolute Gasteiger partial charge is 0.407 e. The molecule has 116 valence electrons. The van der Waals surface area contributed by atoms with Gasteiger partial charge in [-0.1, -0.05) is 58.4 Å². The monoisotopic (exact) mass is 361 g/mol. The van der Waals surface area contributed by atoms with Crippen LogP contribution in [0.25, 0.3) is 11.1 Å². The predicted molar refractivity (Wildman–Crippen MR) is 92.7 cm³/mol. The maximum absolute atomic E-state index is 11.8. The average Bonchev–Trinajstić information content (AvgIpc) is 2.44. The summed E-state index contributed by atoms with van der Waals surface area (Å²) in [6, 6.07) is 16.0. The first-order valence-corrected chi connectivity index (χ1v) is 7.96. The van der Waals surface area contributed by atoms with Crippen LogP contribution in [0.2, 0.25) is 0 Å². The van der Waals surface area contributed by atoms with E-state index in [-0.39, 0.29) is 0 Å². The molecule has 0 fully saturated rings. The second-order valence-corrected chi connectivity index (χ2v) is 6.85. The summed E-state index contributed by atoms with van der Waals surface area (Å²) in [5, 5.41) is 2.81. The lowest BCUT2D eigenvalue weighted by Crippen LogP contribution is -2.32. The summed E-state index contributed by atoms with van der Waals surface area (Å²) in [6.07, 6.45) is -0.408. The van der Waals surface area contributed by atoms with Crippen LogP contribution in [-0.4, -0.2) is 11.7 Å². The standard InChI is InChI=1S/C18H20BrNO2/c1-18(2,3)22-17(21)20-12-13-8-4-5-9-14(13)15-10-6-7-11-16(15)19/h4-11H,12H2,1-3H3,(H,20,21). The predicted octanol–water partition coefficient (Wildman–Crippen LogP) is 5.14. The molecule has 0 saturated carbocycles. The molecule has 0 radical (unpaired) electrons. The molecule has 4 heteroatoms. The van der Waals surface area contributed by atoms with Gasteiger partial charge >= 0.3 is 6.09 Å². The molecular weight excluding hydrogens is 342 g/mol. The molecule has 1 amide bonds. The van der Waals surface area contributed by atoms with Crippen LogP contribution in [0.4, 0.5) is 4.79 Å². The number of carbonyl (C=O) groups excluding carboxylic acids is 1. The first kappa shape index (κ1) is 16.6. The Hall–Kier alpha value is -1.81. The number of benzene rings is 2. The van der Waals surface area contributed by atoms with Crippen LogP contribution in [0.3, 0.4) is 0 Å². The second kappa shape index (κ2) is 6.97. The third-order valence-corrected chi connectivity index (χ3v) is 3.69. The summed E-state index contributed by atoms with van der Waals surface area (Å²) in [7, 11) is 0. The van der Waals surface area contributed by atoms with E-state index in [4.69, 9.17) is 4.74 Å². The van der Waals surface area contributed by atoms with E-state index < -0.39 is 11.7 Å². The molecule has 0 spiro atoms. The van der Waals surface area contributed by atoms with E-state index in [0.717, 1.165) is 21.2 Å². The number of amides is 1. The molecule has 22 heavy (non-hydrogen) atoms. The van der Waals surface area contributed by atoms with Gasteiger partial charge in [-0.15, -0.1) is 0 Å². The Bertz CT molecular complexity index is 662. The Morgan fingerprint density at radius 1 is 1.05 bits per heavy atom. The summed E-state index contributed by atoms with van der Waals surface area (Å²) in [6.45, 7) is 5.97. The van der Waals surface area contributed by atoms with Gasteiger partial charge in [0, 0.05) is 11.0 Å². The third kappa shape index (κ3) is 4.60. The molecule has 0 saturated heterocycles. The van der Waals surface area contributed by atoms with Crippen molar-refractivity contribution in [3.05, 3.63) is 58.6 Å². The van der Waals surface area contributed by atoms with Crippen molar-refractivity contribution in [2.24, 2.45) is 0 Å². The quantitative estimate of drug-likeness (QED) is 0.821. The molecule has 2 aromatic carbocycles. The minimum Gasteiger partial charge on any atom is -0.444 e. The summed E-state index contributed by atoms with van der Waals surface area (Å²) in [5.41, 5.74) is 2.74. The normalized spacial score (nSPS) is 11.1. The van der Waals surface area contributed by atoms with E-state index in [0.29, 0.717) is 6.54 Å². The van der Waals surface area contributed by atoms with Crippen molar-refractivity contribution in [2.75, 3.05) is 0 Å². The van der Waals surface area contributed by atoms with Crippen LogP contribution >= 0.6 is 15.9 Å². The molecule has 0 aliphatic carbocycles. The van der Waals surface area contributed by atoms with Crippen LogP contribution in [-0.2, 0) is 11.3 Å². The minimum atomic E-state index is -0.494. The van der Waals surface area contributed by atoms with Crippen LogP contribution in [0.15, 0.2) is 53.0 Å². The first-order chi connectivity index (χ1) is 10.4. The molecule has 2 aromatic rings. The van der Waals surface area contributed by atoms with E-state index in [1.165, 1.54) is 0 Å². The summed E-state index contributed by atoms with van der Waals surface area (Å²) in [5.74, 6) is 0. The van der Waals surface area contributed by atoms with Crippen LogP contribution in [0, 0.1) is 0 Å². The fourth-order valence-corrected chi connectivity index (χ4v) is 2.60. The van der Waals surface area contributed by atoms with E-state index in [9.17, 15) is 4.79 Å². The minimum absolute atomic E-state index is 0.408. The number of hydrogen-bond donors (Lipinski definition) is 1. The zero-order valence-corrected chi connectivity index (χ0v) is 14.6. The van der Waals surface area contributed by atoms with Crippen molar-refractivity contribution in [1.82, 2.24) is 5.32 Å². The summed E-state index contributed by atoms with van der Waals surface area (Å²) < 4.78 is 6.30. The lowest BCUT2D eigenvalue weighted by molar-refractivity contribution is 0.0523. The first-order valence-electron chi connectivity index (χ1n) is 7.16. The number of rotatable bonds is 3. The highest BCUT2D eigenvalue weighted by atomic mass is 79.9. The van der Waals surface area contributed by atoms with Crippen molar-refractivity contribution in [3.63, 3.8) is 0 Å². The van der Waals surface area contributed by atoms with Crippen molar-refractivity contribution < 1.29 is 9.53 Å². The third-order valence-electron chi connectivity index (χ3n) is 3.00. The molecule has 3 nitrogen and oxygen atoms in total. The lowest BCUT2D eigenvalue weighted by atomic mass is 10.00. The van der Waals surface area contributed by atoms with Gasteiger partial charge in [0.15, 0.2) is 0 Å². The highest BCUT2D eigenvalue weighted by molar-refractivity contribution is 9.10. The number of halogens is 1. The lowest BCUT2D eigenvalue weighted by Gasteiger charge is -2.20. The molecule has 0 unspecified atom stereocenters. The Balaban J connectivity index is 2.16. The fraction of sp³-hybridized carbons (Fsp3) is 0.278. The van der Waals surface area contributed by atoms with Gasteiger partial charge in [0.05, 0.1) is 0 Å². The average molecular weight is 362 g/mol. The van der Waals surface area contributed by atoms with Gasteiger partial charge in [-0.05, 0) is 43.5 Å². The van der Waals surface area contributed by atoms with Crippen LogP contribution < -0.4 is 5.32 Å². The topological polar surface area (TPSA) is 38.3 Å². The highest BCUT2D eigenvalue weighted by Crippen LogP contribution is 2.30. The molecule has 0 atom stereocenters. The summed E-state index contributed by atoms with van der Waals surface area (Å²) >= 11 is 3.57. The Labute approximate surface area is 139 Å². The second-order valence-electron chi connectivity index (χ2n) is 5.99. The van der Waals surface area contributed by atoms with E-state index in [2.05, 4.69) is 27.3 Å². The number of nitrogens with one attached hydrogen (secondary N) is 1. The van der Waals surface area contributed by atoms with Gasteiger partial charge in [0.2, 0.25) is 0 Å². The highest BCUT2D eigenvalue weighted by Gasteiger charge is 2.16. The molecule has 2 rings (SSSR count). The van der Waals surface area contributed by atoms with Gasteiger partial charge in [0.25, 0.3) is 0 Å². The molecular formula is C18H20BrNO2. The Morgan fingerprint density at radius 2 is 1.64 bits per heavy atom. The molecule has 0 aliphatic rings. The largest absolute Gasteiger partial charge is 0.444 e. The van der Waals surface area contributed by atoms with Gasteiger partial charge in [-0.2, -0.15) is 0 Å². The van der Waals surface area contributed by atoms with Gasteiger partial charge in [-0.3, -0.25) is 0 Å². The number of alkyl carbamates (subject to hydrolysis) is 1. The maximum atomic E-state index is 11.8. The number of ether oxygens (including phenoxy) is 1. The van der Waals surface area contributed by atoms with E-state index in [1.807, 2.05) is 63.2 Å². The number of carbonyl (C=O) groups is 1. The summed E-state index contributed by atoms with van der Waals surface area (Å²) in [4.78, 5) is 11.8. The van der Waals surface area contributed by atoms with Gasteiger partial charge in [-0.25, -0.2) is 4.79 Å². The molecule has 0 heterocycles. The van der Waals surface area contributed by atoms with Crippen molar-refractivity contribution in [3.8, 4) is 11.1 Å². The van der Waals surface area contributed by atoms with Crippen LogP contribution in [0.5, 0.6) is 0 Å². The molecule has 0 bridgehead atoms. The van der Waals surface area contributed by atoms with Gasteiger partial charge < -0.3 is 10.1 Å². The van der Waals surface area contributed by atoms with E-state index in [1.54, 1.807) is 0 Å². The maximum Gasteiger partial charge on any atom is 0.407 e.